The van der Waals surface area contributed by atoms with Crippen LogP contribution in [0.25, 0.3) is 5.57 Å². The van der Waals surface area contributed by atoms with E-state index in [0.717, 1.165) is 0 Å². The number of hydrogen-bond acceptors (Lipinski definition) is 2. The van der Waals surface area contributed by atoms with Crippen LogP contribution in [0.5, 0.6) is 0 Å². The van der Waals surface area contributed by atoms with Crippen molar-refractivity contribution in [2.75, 3.05) is 0 Å². The Morgan fingerprint density at radius 1 is 1.47 bits per heavy atom. The molecular weight excluding hydrogens is 248 g/mol. The summed E-state index contributed by atoms with van der Waals surface area (Å²) in [7, 11) is 0. The lowest BCUT2D eigenvalue weighted by molar-refractivity contribution is 0.0422. The van der Waals surface area contributed by atoms with Gasteiger partial charge in [-0.1, -0.05) is 18.7 Å². The molecule has 1 N–H and O–H groups in total. The van der Waals surface area contributed by atoms with Crippen LogP contribution in [0.2, 0.25) is 0 Å². The molecule has 0 radical (unpaired) electrons. The summed E-state index contributed by atoms with van der Waals surface area (Å²) in [5, 5.41) is 17.9. The molecule has 4 heteroatoms. The number of halogens is 2. The number of nitriles is 1. The van der Waals surface area contributed by atoms with Crippen molar-refractivity contribution in [2.24, 2.45) is 0 Å². The van der Waals surface area contributed by atoms with Crippen LogP contribution in [0.4, 0.5) is 8.78 Å². The van der Waals surface area contributed by atoms with Gasteiger partial charge in [0.05, 0.1) is 11.6 Å². The molecule has 96 valence electrons. The molecule has 1 aliphatic rings. The first-order valence-electron chi connectivity index (χ1n) is 5.58. The van der Waals surface area contributed by atoms with E-state index in [1.54, 1.807) is 0 Å². The molecule has 0 saturated heterocycles. The molecule has 0 heterocycles. The maximum absolute atomic E-state index is 14.1. The zero-order valence-electron chi connectivity index (χ0n) is 10.2. The molecule has 0 atom stereocenters. The van der Waals surface area contributed by atoms with Gasteiger partial charge in [-0.3, -0.25) is 0 Å². The topological polar surface area (TPSA) is 44.0 Å². The molecule has 2 nitrogen and oxygen atoms in total. The second-order valence-corrected chi connectivity index (χ2v) is 4.31. The highest BCUT2D eigenvalue weighted by Gasteiger charge is 2.43. The summed E-state index contributed by atoms with van der Waals surface area (Å²) >= 11 is 0. The number of rotatable bonds is 2. The summed E-state index contributed by atoms with van der Waals surface area (Å²) in [5.74, 6) is -3.27. The summed E-state index contributed by atoms with van der Waals surface area (Å²) in [6.07, 6.45) is 2.64. The average molecular weight is 259 g/mol. The molecule has 0 amide bonds. The maximum atomic E-state index is 14.1. The van der Waals surface area contributed by atoms with E-state index < -0.39 is 5.92 Å². The van der Waals surface area contributed by atoms with Crippen LogP contribution in [0.1, 0.15) is 23.6 Å². The number of aliphatic hydroxyl groups is 1. The van der Waals surface area contributed by atoms with Crippen molar-refractivity contribution < 1.29 is 13.9 Å². The fourth-order valence-electron chi connectivity index (χ4n) is 2.08. The Hall–Kier alpha value is -2.41. The number of allylic oxidation sites excluding steroid dienone is 4. The highest BCUT2D eigenvalue weighted by Crippen LogP contribution is 2.49. The van der Waals surface area contributed by atoms with E-state index in [-0.39, 0.29) is 16.9 Å². The van der Waals surface area contributed by atoms with Gasteiger partial charge in [-0.2, -0.15) is 14.0 Å². The fraction of sp³-hybridized carbons (Fsp3) is 0.133. The van der Waals surface area contributed by atoms with Gasteiger partial charge in [0.1, 0.15) is 5.76 Å². The summed E-state index contributed by atoms with van der Waals surface area (Å²) in [6.45, 7) is 4.61. The van der Waals surface area contributed by atoms with Crippen molar-refractivity contribution >= 4 is 5.57 Å². The van der Waals surface area contributed by atoms with Crippen LogP contribution in [0.3, 0.4) is 0 Å². The average Bonchev–Trinajstić information content (AvgIpc) is 2.55. The van der Waals surface area contributed by atoms with E-state index in [1.165, 1.54) is 37.3 Å². The molecular formula is C15H11F2NO. The Labute approximate surface area is 109 Å². The molecule has 1 aromatic carbocycles. The third-order valence-electron chi connectivity index (χ3n) is 3.09. The Morgan fingerprint density at radius 3 is 2.74 bits per heavy atom. The summed E-state index contributed by atoms with van der Waals surface area (Å²) in [6, 6.07) is 6.00. The molecule has 0 aromatic heterocycles. The third kappa shape index (κ3) is 2.04. The van der Waals surface area contributed by atoms with Gasteiger partial charge in [-0.25, -0.2) is 0 Å². The minimum Gasteiger partial charge on any atom is -0.509 e. The van der Waals surface area contributed by atoms with E-state index in [2.05, 4.69) is 6.58 Å². The van der Waals surface area contributed by atoms with E-state index in [1.807, 2.05) is 6.07 Å². The minimum absolute atomic E-state index is 0.102. The van der Waals surface area contributed by atoms with Gasteiger partial charge in [0.25, 0.3) is 5.92 Å². The lowest BCUT2D eigenvalue weighted by Gasteiger charge is -2.12. The van der Waals surface area contributed by atoms with Gasteiger partial charge < -0.3 is 5.11 Å². The highest BCUT2D eigenvalue weighted by atomic mass is 19.3. The molecule has 0 unspecified atom stereocenters. The Morgan fingerprint density at radius 2 is 2.16 bits per heavy atom. The molecule has 0 spiro atoms. The predicted molar refractivity (Wildman–Crippen MR) is 68.6 cm³/mol. The smallest absolute Gasteiger partial charge is 0.295 e. The van der Waals surface area contributed by atoms with Gasteiger partial charge in [0.2, 0.25) is 0 Å². The lowest BCUT2D eigenvalue weighted by Crippen LogP contribution is -2.11. The molecule has 0 saturated carbocycles. The Kier molecular flexibility index (Phi) is 2.99. The van der Waals surface area contributed by atoms with Crippen molar-refractivity contribution in [3.63, 3.8) is 0 Å². The zero-order valence-corrected chi connectivity index (χ0v) is 10.2. The van der Waals surface area contributed by atoms with Crippen LogP contribution < -0.4 is 0 Å². The SMILES string of the molecule is C=C(O)/C=C\C1=C(C)C(F)(F)c2ccc(C#N)cc21. The van der Waals surface area contributed by atoms with Crippen molar-refractivity contribution in [1.82, 2.24) is 0 Å². The van der Waals surface area contributed by atoms with Gasteiger partial charge in [-0.15, -0.1) is 0 Å². The largest absolute Gasteiger partial charge is 0.509 e. The molecule has 0 aliphatic heterocycles. The van der Waals surface area contributed by atoms with Crippen molar-refractivity contribution in [3.05, 3.63) is 65.0 Å². The monoisotopic (exact) mass is 259 g/mol. The van der Waals surface area contributed by atoms with E-state index in [4.69, 9.17) is 10.4 Å². The fourth-order valence-corrected chi connectivity index (χ4v) is 2.08. The number of alkyl halides is 2. The molecule has 19 heavy (non-hydrogen) atoms. The van der Waals surface area contributed by atoms with Crippen LogP contribution >= 0.6 is 0 Å². The van der Waals surface area contributed by atoms with Crippen LogP contribution in [-0.4, -0.2) is 5.11 Å². The lowest BCUT2D eigenvalue weighted by atomic mass is 10.0. The molecule has 2 rings (SSSR count). The molecule has 1 aliphatic carbocycles. The van der Waals surface area contributed by atoms with Crippen molar-refractivity contribution in [1.29, 1.82) is 5.26 Å². The first-order valence-corrected chi connectivity index (χ1v) is 5.58. The molecule has 0 fully saturated rings. The standard InChI is InChI=1S/C15H11F2NO/c1-9(19)3-5-12-10(2)15(16,17)14-6-4-11(8-18)7-13(12)14/h3-7,19H,1H2,2H3/b5-3-. The Bertz CT molecular complexity index is 663. The van der Waals surface area contributed by atoms with Crippen LogP contribution in [0, 0.1) is 11.3 Å². The minimum atomic E-state index is -3.06. The first-order chi connectivity index (χ1) is 8.87. The maximum Gasteiger partial charge on any atom is 0.295 e. The summed E-state index contributed by atoms with van der Waals surface area (Å²) in [5.41, 5.74) is 0.728. The number of aliphatic hydroxyl groups excluding tert-OH is 1. The number of nitrogens with zero attached hydrogens (tertiary/aromatic N) is 1. The molecule has 1 aromatic rings. The zero-order chi connectivity index (χ0) is 14.2. The van der Waals surface area contributed by atoms with E-state index >= 15 is 0 Å². The summed E-state index contributed by atoms with van der Waals surface area (Å²) < 4.78 is 28.2. The molecule has 0 bridgehead atoms. The van der Waals surface area contributed by atoms with Crippen molar-refractivity contribution in [2.45, 2.75) is 12.8 Å². The van der Waals surface area contributed by atoms with Gasteiger partial charge in [0.15, 0.2) is 0 Å². The Balaban J connectivity index is 2.65. The highest BCUT2D eigenvalue weighted by molar-refractivity contribution is 5.85. The van der Waals surface area contributed by atoms with Crippen LogP contribution in [0.15, 0.2) is 48.3 Å². The summed E-state index contributed by atoms with van der Waals surface area (Å²) in [4.78, 5) is 0. The van der Waals surface area contributed by atoms with Crippen LogP contribution in [-0.2, 0) is 5.92 Å². The second kappa shape index (κ2) is 4.36. The quantitative estimate of drug-likeness (QED) is 0.642. The van der Waals surface area contributed by atoms with Gasteiger partial charge >= 0.3 is 0 Å². The predicted octanol–water partition coefficient (Wildman–Crippen LogP) is 4.07. The van der Waals surface area contributed by atoms with Gasteiger partial charge in [-0.05, 0) is 36.3 Å². The third-order valence-corrected chi connectivity index (χ3v) is 3.09. The first kappa shape index (κ1) is 13.0. The van der Waals surface area contributed by atoms with Crippen molar-refractivity contribution in [3.8, 4) is 6.07 Å². The normalized spacial score (nSPS) is 16.5. The second-order valence-electron chi connectivity index (χ2n) is 4.31. The van der Waals surface area contributed by atoms with E-state index in [0.29, 0.717) is 16.7 Å². The number of hydrogen-bond donors (Lipinski definition) is 1. The van der Waals surface area contributed by atoms with E-state index in [9.17, 15) is 8.78 Å². The number of benzene rings is 1. The number of fused-ring (bicyclic) bond motifs is 1. The van der Waals surface area contributed by atoms with Gasteiger partial charge in [0, 0.05) is 11.1 Å².